The number of carbonyl (C=O) groups excluding carboxylic acids is 1. The second kappa shape index (κ2) is 6.56. The number of H-pyrrole nitrogens is 1. The van der Waals surface area contributed by atoms with Crippen LogP contribution in [0.25, 0.3) is 16.4 Å². The largest absolute Gasteiger partial charge is 0.333 e. The van der Waals surface area contributed by atoms with Crippen molar-refractivity contribution in [1.82, 2.24) is 19.3 Å². The third-order valence-corrected chi connectivity index (χ3v) is 4.91. The second-order valence-corrected chi connectivity index (χ2v) is 6.57. The van der Waals surface area contributed by atoms with Crippen molar-refractivity contribution in [2.75, 3.05) is 7.05 Å². The molecule has 0 spiro atoms. The van der Waals surface area contributed by atoms with Gasteiger partial charge in [-0.1, -0.05) is 6.07 Å². The van der Waals surface area contributed by atoms with E-state index in [4.69, 9.17) is 0 Å². The van der Waals surface area contributed by atoms with E-state index in [1.54, 1.807) is 36.8 Å². The number of nitrogens with zero attached hydrogens (tertiary/aromatic N) is 3. The van der Waals surface area contributed by atoms with E-state index in [1.807, 2.05) is 12.1 Å². The maximum absolute atomic E-state index is 13.8. The Hall–Kier alpha value is -3.55. The minimum Gasteiger partial charge on any atom is -0.333 e. The minimum absolute atomic E-state index is 0.0248. The predicted molar refractivity (Wildman–Crippen MR) is 100 cm³/mol. The molecule has 0 aliphatic rings. The van der Waals surface area contributed by atoms with Crippen LogP contribution in [0.2, 0.25) is 0 Å². The molecular formula is C20H16F2N4O2. The number of halogens is 2. The standard InChI is InChI=1S/C20H16F2N4O2/c1-11(14-9-23-19(27)13-8-16(22)15(21)7-12(13)14)25(2)20(28)17-10-26-6-4-3-5-18(26)24-17/h3-11H,1-2H3,(H,23,27). The number of imidazole rings is 1. The number of benzene rings is 1. The number of amides is 1. The maximum Gasteiger partial charge on any atom is 0.274 e. The molecule has 1 amide bonds. The molecule has 0 radical (unpaired) electrons. The maximum atomic E-state index is 13.8. The summed E-state index contributed by atoms with van der Waals surface area (Å²) in [6, 6.07) is 6.76. The van der Waals surface area contributed by atoms with Crippen LogP contribution in [0.3, 0.4) is 0 Å². The van der Waals surface area contributed by atoms with Crippen LogP contribution in [0.5, 0.6) is 0 Å². The number of rotatable bonds is 3. The third kappa shape index (κ3) is 2.83. The fourth-order valence-corrected chi connectivity index (χ4v) is 3.22. The Morgan fingerprint density at radius 1 is 1.21 bits per heavy atom. The van der Waals surface area contributed by atoms with Gasteiger partial charge in [0.1, 0.15) is 11.3 Å². The summed E-state index contributed by atoms with van der Waals surface area (Å²) in [5, 5.41) is 0.279. The third-order valence-electron chi connectivity index (χ3n) is 4.91. The zero-order valence-corrected chi connectivity index (χ0v) is 15.1. The lowest BCUT2D eigenvalue weighted by atomic mass is 10.0. The highest BCUT2D eigenvalue weighted by molar-refractivity contribution is 5.93. The molecule has 4 rings (SSSR count). The Balaban J connectivity index is 1.75. The van der Waals surface area contributed by atoms with E-state index >= 15 is 0 Å². The van der Waals surface area contributed by atoms with Crippen LogP contribution in [0.1, 0.15) is 29.0 Å². The lowest BCUT2D eigenvalue weighted by Gasteiger charge is -2.25. The van der Waals surface area contributed by atoms with E-state index in [-0.39, 0.29) is 22.4 Å². The molecule has 0 bridgehead atoms. The SMILES string of the molecule is CC(c1c[nH]c(=O)c2cc(F)c(F)cc12)N(C)C(=O)c1cn2ccccc2n1. The monoisotopic (exact) mass is 382 g/mol. The molecule has 28 heavy (non-hydrogen) atoms. The van der Waals surface area contributed by atoms with E-state index in [2.05, 4.69) is 9.97 Å². The van der Waals surface area contributed by atoms with Gasteiger partial charge in [-0.2, -0.15) is 0 Å². The van der Waals surface area contributed by atoms with Crippen LogP contribution >= 0.6 is 0 Å². The lowest BCUT2D eigenvalue weighted by molar-refractivity contribution is 0.0738. The highest BCUT2D eigenvalue weighted by Crippen LogP contribution is 2.27. The average Bonchev–Trinajstić information content (AvgIpc) is 3.12. The number of fused-ring (bicyclic) bond motifs is 2. The Morgan fingerprint density at radius 2 is 1.93 bits per heavy atom. The van der Waals surface area contributed by atoms with Crippen molar-refractivity contribution in [2.45, 2.75) is 13.0 Å². The van der Waals surface area contributed by atoms with Gasteiger partial charge in [-0.05, 0) is 42.1 Å². The van der Waals surface area contributed by atoms with E-state index in [1.165, 1.54) is 11.1 Å². The molecule has 0 saturated heterocycles. The first-order valence-electron chi connectivity index (χ1n) is 8.58. The summed E-state index contributed by atoms with van der Waals surface area (Å²) < 4.78 is 29.1. The van der Waals surface area contributed by atoms with E-state index in [0.717, 1.165) is 12.1 Å². The van der Waals surface area contributed by atoms with Crippen molar-refractivity contribution in [3.05, 3.63) is 82.2 Å². The van der Waals surface area contributed by atoms with Gasteiger partial charge in [-0.25, -0.2) is 13.8 Å². The molecule has 0 aliphatic heterocycles. The van der Waals surface area contributed by atoms with E-state index < -0.39 is 23.2 Å². The van der Waals surface area contributed by atoms with Gasteiger partial charge in [0.2, 0.25) is 0 Å². The molecule has 1 atom stereocenters. The molecule has 142 valence electrons. The van der Waals surface area contributed by atoms with Crippen LogP contribution in [0, 0.1) is 11.6 Å². The van der Waals surface area contributed by atoms with Crippen molar-refractivity contribution in [3.63, 3.8) is 0 Å². The van der Waals surface area contributed by atoms with Crippen LogP contribution in [-0.2, 0) is 0 Å². The topological polar surface area (TPSA) is 70.5 Å². The Labute approximate surface area is 158 Å². The summed E-state index contributed by atoms with van der Waals surface area (Å²) in [6.45, 7) is 1.74. The Bertz CT molecular complexity index is 1250. The lowest BCUT2D eigenvalue weighted by Crippen LogP contribution is -2.30. The Kier molecular flexibility index (Phi) is 4.18. The van der Waals surface area contributed by atoms with Crippen molar-refractivity contribution >= 4 is 22.3 Å². The van der Waals surface area contributed by atoms with Crippen LogP contribution in [0.4, 0.5) is 8.78 Å². The van der Waals surface area contributed by atoms with Gasteiger partial charge in [0.05, 0.1) is 11.4 Å². The second-order valence-electron chi connectivity index (χ2n) is 6.57. The summed E-state index contributed by atoms with van der Waals surface area (Å²) >= 11 is 0. The fraction of sp³-hybridized carbons (Fsp3) is 0.150. The summed E-state index contributed by atoms with van der Waals surface area (Å²) in [5.41, 5.74) is 0.859. The highest BCUT2D eigenvalue weighted by Gasteiger charge is 2.24. The van der Waals surface area contributed by atoms with Crippen molar-refractivity contribution in [1.29, 1.82) is 0 Å². The molecule has 1 aromatic carbocycles. The van der Waals surface area contributed by atoms with Gasteiger partial charge in [-0.15, -0.1) is 0 Å². The molecule has 4 aromatic rings. The molecule has 1 unspecified atom stereocenters. The molecule has 3 aromatic heterocycles. The molecule has 1 N–H and O–H groups in total. The van der Waals surface area contributed by atoms with E-state index in [9.17, 15) is 18.4 Å². The van der Waals surface area contributed by atoms with Crippen molar-refractivity contribution < 1.29 is 13.6 Å². The zero-order chi connectivity index (χ0) is 20.0. The number of nitrogens with one attached hydrogen (secondary N) is 1. The first-order valence-corrected chi connectivity index (χ1v) is 8.58. The predicted octanol–water partition coefficient (Wildman–Crippen LogP) is 3.29. The van der Waals surface area contributed by atoms with Crippen molar-refractivity contribution in [3.8, 4) is 0 Å². The van der Waals surface area contributed by atoms with Crippen LogP contribution < -0.4 is 5.56 Å². The first-order chi connectivity index (χ1) is 13.4. The number of hydrogen-bond acceptors (Lipinski definition) is 3. The quantitative estimate of drug-likeness (QED) is 0.591. The van der Waals surface area contributed by atoms with Crippen LogP contribution in [0.15, 0.2) is 53.7 Å². The minimum atomic E-state index is -1.10. The number of carbonyl (C=O) groups is 1. The normalized spacial score (nSPS) is 12.4. The summed E-state index contributed by atoms with van der Waals surface area (Å²) in [6.07, 6.45) is 4.83. The number of pyridine rings is 2. The Morgan fingerprint density at radius 3 is 2.64 bits per heavy atom. The molecule has 3 heterocycles. The van der Waals surface area contributed by atoms with Gasteiger partial charge in [0.15, 0.2) is 11.6 Å². The number of aromatic amines is 1. The molecule has 0 saturated carbocycles. The van der Waals surface area contributed by atoms with E-state index in [0.29, 0.717) is 11.2 Å². The molecule has 8 heteroatoms. The van der Waals surface area contributed by atoms with Gasteiger partial charge in [0.25, 0.3) is 11.5 Å². The molecule has 0 aliphatic carbocycles. The van der Waals surface area contributed by atoms with Gasteiger partial charge in [-0.3, -0.25) is 9.59 Å². The molecule has 0 fully saturated rings. The van der Waals surface area contributed by atoms with Gasteiger partial charge >= 0.3 is 0 Å². The van der Waals surface area contributed by atoms with Crippen molar-refractivity contribution in [2.24, 2.45) is 0 Å². The summed E-state index contributed by atoms with van der Waals surface area (Å²) in [7, 11) is 1.59. The molecular weight excluding hydrogens is 366 g/mol. The van der Waals surface area contributed by atoms with Crippen LogP contribution in [-0.4, -0.2) is 32.2 Å². The smallest absolute Gasteiger partial charge is 0.274 e. The number of hydrogen-bond donors (Lipinski definition) is 1. The summed E-state index contributed by atoms with van der Waals surface area (Å²) in [4.78, 5) is 33.2. The number of aromatic nitrogens is 3. The summed E-state index contributed by atoms with van der Waals surface area (Å²) in [5.74, 6) is -2.49. The zero-order valence-electron chi connectivity index (χ0n) is 15.1. The first kappa shape index (κ1) is 17.8. The van der Waals surface area contributed by atoms with Gasteiger partial charge < -0.3 is 14.3 Å². The molecule has 6 nitrogen and oxygen atoms in total. The van der Waals surface area contributed by atoms with Gasteiger partial charge in [0, 0.05) is 25.6 Å². The fourth-order valence-electron chi connectivity index (χ4n) is 3.22. The highest BCUT2D eigenvalue weighted by atomic mass is 19.2. The average molecular weight is 382 g/mol.